The first-order chi connectivity index (χ1) is 8.06. The van der Waals surface area contributed by atoms with Crippen LogP contribution in [0.25, 0.3) is 0 Å². The molecule has 1 atom stereocenters. The highest BCUT2D eigenvalue weighted by Crippen LogP contribution is 2.23. The van der Waals surface area contributed by atoms with Crippen LogP contribution in [0.1, 0.15) is 17.3 Å². The minimum absolute atomic E-state index is 0.132. The summed E-state index contributed by atoms with van der Waals surface area (Å²) in [6, 6.07) is 4.71. The van der Waals surface area contributed by atoms with Gasteiger partial charge < -0.3 is 16.2 Å². The van der Waals surface area contributed by atoms with Crippen molar-refractivity contribution in [3.8, 4) is 0 Å². The largest absolute Gasteiger partial charge is 0.478 e. The van der Waals surface area contributed by atoms with Gasteiger partial charge in [-0.25, -0.2) is 4.79 Å². The summed E-state index contributed by atoms with van der Waals surface area (Å²) < 4.78 is 11.2. The van der Waals surface area contributed by atoms with E-state index >= 15 is 0 Å². The Morgan fingerprint density at radius 3 is 2.82 bits per heavy atom. The number of nitrogen functional groups attached to an aromatic ring is 1. The van der Waals surface area contributed by atoms with Gasteiger partial charge >= 0.3 is 5.97 Å². The van der Waals surface area contributed by atoms with Gasteiger partial charge in [-0.2, -0.15) is 0 Å². The van der Waals surface area contributed by atoms with Crippen LogP contribution in [-0.4, -0.2) is 33.3 Å². The predicted molar refractivity (Wildman–Crippen MR) is 69.9 cm³/mol. The average Bonchev–Trinajstić information content (AvgIpc) is 2.30. The molecule has 0 saturated carbocycles. The summed E-state index contributed by atoms with van der Waals surface area (Å²) in [5, 5.41) is 11.9. The molecule has 1 aromatic carbocycles. The normalized spacial score (nSPS) is 12.1. The maximum atomic E-state index is 11.2. The number of benzene rings is 1. The van der Waals surface area contributed by atoms with Gasteiger partial charge in [-0.3, -0.25) is 4.21 Å². The van der Waals surface area contributed by atoms with E-state index < -0.39 is 16.8 Å². The maximum absolute atomic E-state index is 11.2. The van der Waals surface area contributed by atoms with Crippen LogP contribution in [0.5, 0.6) is 0 Å². The SMILES string of the molecule is CCS(=O)CCNc1c(N)cccc1C(=O)O. The molecule has 0 heterocycles. The molecule has 1 unspecified atom stereocenters. The molecular weight excluding hydrogens is 240 g/mol. The van der Waals surface area contributed by atoms with Gasteiger partial charge in [0.05, 0.1) is 16.9 Å². The van der Waals surface area contributed by atoms with E-state index in [1.54, 1.807) is 12.1 Å². The third-order valence-corrected chi connectivity index (χ3v) is 3.58. The zero-order chi connectivity index (χ0) is 12.8. The first-order valence-electron chi connectivity index (χ1n) is 5.27. The van der Waals surface area contributed by atoms with E-state index in [1.807, 2.05) is 6.92 Å². The van der Waals surface area contributed by atoms with Gasteiger partial charge in [0.1, 0.15) is 0 Å². The molecule has 0 fully saturated rings. The van der Waals surface area contributed by atoms with Crippen LogP contribution in [-0.2, 0) is 10.8 Å². The predicted octanol–water partition coefficient (Wildman–Crippen LogP) is 1.15. The zero-order valence-electron chi connectivity index (χ0n) is 9.60. The van der Waals surface area contributed by atoms with Crippen molar-refractivity contribution in [2.75, 3.05) is 29.1 Å². The topological polar surface area (TPSA) is 92.4 Å². The molecule has 6 heteroatoms. The summed E-state index contributed by atoms with van der Waals surface area (Å²) in [7, 11) is -0.875. The van der Waals surface area contributed by atoms with Crippen LogP contribution in [0.15, 0.2) is 18.2 Å². The average molecular weight is 256 g/mol. The van der Waals surface area contributed by atoms with Gasteiger partial charge in [0, 0.05) is 28.9 Å². The summed E-state index contributed by atoms with van der Waals surface area (Å²) in [6.45, 7) is 2.28. The van der Waals surface area contributed by atoms with Crippen molar-refractivity contribution in [1.82, 2.24) is 0 Å². The van der Waals surface area contributed by atoms with Crippen molar-refractivity contribution < 1.29 is 14.1 Å². The minimum Gasteiger partial charge on any atom is -0.478 e. The van der Waals surface area contributed by atoms with Gasteiger partial charge in [-0.15, -0.1) is 0 Å². The summed E-state index contributed by atoms with van der Waals surface area (Å²) in [6.07, 6.45) is 0. The van der Waals surface area contributed by atoms with Crippen LogP contribution >= 0.6 is 0 Å². The van der Waals surface area contributed by atoms with E-state index in [2.05, 4.69) is 5.32 Å². The number of nitrogens with one attached hydrogen (secondary N) is 1. The Balaban J connectivity index is 2.76. The molecule has 5 nitrogen and oxygen atoms in total. The number of carboxylic acid groups (broad SMARTS) is 1. The smallest absolute Gasteiger partial charge is 0.337 e. The van der Waals surface area contributed by atoms with Crippen LogP contribution < -0.4 is 11.1 Å². The number of rotatable bonds is 6. The molecule has 0 spiro atoms. The highest BCUT2D eigenvalue weighted by atomic mass is 32.2. The second kappa shape index (κ2) is 6.24. The summed E-state index contributed by atoms with van der Waals surface area (Å²) in [5.41, 5.74) is 6.62. The van der Waals surface area contributed by atoms with Crippen molar-refractivity contribution in [3.63, 3.8) is 0 Å². The first-order valence-corrected chi connectivity index (χ1v) is 6.75. The number of anilines is 2. The van der Waals surface area contributed by atoms with E-state index in [9.17, 15) is 9.00 Å². The molecule has 0 aliphatic carbocycles. The van der Waals surface area contributed by atoms with E-state index in [-0.39, 0.29) is 5.56 Å². The molecule has 17 heavy (non-hydrogen) atoms. The molecule has 1 aromatic rings. The monoisotopic (exact) mass is 256 g/mol. The highest BCUT2D eigenvalue weighted by Gasteiger charge is 2.11. The van der Waals surface area contributed by atoms with Gasteiger partial charge in [0.15, 0.2) is 0 Å². The summed E-state index contributed by atoms with van der Waals surface area (Å²) in [4.78, 5) is 11.0. The maximum Gasteiger partial charge on any atom is 0.337 e. The molecule has 0 radical (unpaired) electrons. The molecule has 0 aliphatic rings. The lowest BCUT2D eigenvalue weighted by molar-refractivity contribution is 0.0698. The molecule has 0 saturated heterocycles. The fourth-order valence-corrected chi connectivity index (χ4v) is 2.00. The molecule has 4 N–H and O–H groups in total. The lowest BCUT2D eigenvalue weighted by Crippen LogP contribution is -2.15. The minimum atomic E-state index is -1.03. The van der Waals surface area contributed by atoms with Gasteiger partial charge in [0.25, 0.3) is 0 Å². The van der Waals surface area contributed by atoms with Crippen molar-refractivity contribution in [2.45, 2.75) is 6.92 Å². The van der Waals surface area contributed by atoms with Crippen LogP contribution in [0, 0.1) is 0 Å². The number of hydrogen-bond acceptors (Lipinski definition) is 4. The van der Waals surface area contributed by atoms with Crippen LogP contribution in [0.3, 0.4) is 0 Å². The fourth-order valence-electron chi connectivity index (χ4n) is 1.38. The van der Waals surface area contributed by atoms with Crippen LogP contribution in [0.4, 0.5) is 11.4 Å². The number of para-hydroxylation sites is 1. The number of nitrogens with two attached hydrogens (primary N) is 1. The number of carboxylic acids is 1. The fraction of sp³-hybridized carbons (Fsp3) is 0.364. The van der Waals surface area contributed by atoms with Crippen molar-refractivity contribution in [3.05, 3.63) is 23.8 Å². The molecule has 0 aromatic heterocycles. The van der Waals surface area contributed by atoms with E-state index in [1.165, 1.54) is 6.07 Å². The van der Waals surface area contributed by atoms with Gasteiger partial charge in [0.2, 0.25) is 0 Å². The summed E-state index contributed by atoms with van der Waals surface area (Å²) in [5.74, 6) is 0.0400. The second-order valence-electron chi connectivity index (χ2n) is 3.43. The number of carbonyl (C=O) groups is 1. The second-order valence-corrected chi connectivity index (χ2v) is 5.30. The molecule has 0 amide bonds. The Morgan fingerprint density at radius 2 is 2.24 bits per heavy atom. The Bertz CT molecular complexity index is 435. The van der Waals surface area contributed by atoms with E-state index in [0.717, 1.165) is 0 Å². The Morgan fingerprint density at radius 1 is 1.53 bits per heavy atom. The Kier molecular flexibility index (Phi) is 4.96. The molecule has 1 rings (SSSR count). The molecule has 94 valence electrons. The third kappa shape index (κ3) is 3.74. The summed E-state index contributed by atoms with van der Waals surface area (Å²) >= 11 is 0. The van der Waals surface area contributed by atoms with E-state index in [0.29, 0.717) is 29.4 Å². The first kappa shape index (κ1) is 13.5. The Hall–Kier alpha value is -1.56. The highest BCUT2D eigenvalue weighted by molar-refractivity contribution is 7.84. The molecular formula is C11H16N2O3S. The van der Waals surface area contributed by atoms with Crippen molar-refractivity contribution >= 4 is 28.1 Å². The number of hydrogen-bond donors (Lipinski definition) is 3. The molecule has 0 bridgehead atoms. The van der Waals surface area contributed by atoms with Crippen molar-refractivity contribution in [2.24, 2.45) is 0 Å². The van der Waals surface area contributed by atoms with Gasteiger partial charge in [-0.05, 0) is 12.1 Å². The quantitative estimate of drug-likeness (QED) is 0.664. The van der Waals surface area contributed by atoms with Crippen molar-refractivity contribution in [1.29, 1.82) is 0 Å². The Labute approximate surface area is 102 Å². The lowest BCUT2D eigenvalue weighted by Gasteiger charge is -2.11. The third-order valence-electron chi connectivity index (χ3n) is 2.28. The zero-order valence-corrected chi connectivity index (χ0v) is 10.4. The van der Waals surface area contributed by atoms with Crippen LogP contribution in [0.2, 0.25) is 0 Å². The molecule has 0 aliphatic heterocycles. The number of aromatic carboxylic acids is 1. The van der Waals surface area contributed by atoms with E-state index in [4.69, 9.17) is 10.8 Å². The standard InChI is InChI=1S/C11H16N2O3S/c1-2-17(16)7-6-13-10-8(11(14)15)4-3-5-9(10)12/h3-5,13H,2,6-7,12H2,1H3,(H,14,15). The lowest BCUT2D eigenvalue weighted by atomic mass is 10.1. The van der Waals surface area contributed by atoms with Gasteiger partial charge in [-0.1, -0.05) is 13.0 Å².